The van der Waals surface area contributed by atoms with Crippen LogP contribution in [0.15, 0.2) is 24.3 Å². The highest BCUT2D eigenvalue weighted by Crippen LogP contribution is 2.32. The third kappa shape index (κ3) is 5.21. The lowest BCUT2D eigenvalue weighted by molar-refractivity contribution is -0.138. The molecule has 0 spiro atoms. The van der Waals surface area contributed by atoms with Crippen LogP contribution in [0, 0.1) is 5.92 Å². The monoisotopic (exact) mass is 356 g/mol. The smallest absolute Gasteiger partial charge is 0.353 e. The molecule has 0 bridgehead atoms. The van der Waals surface area contributed by atoms with Gasteiger partial charge in [0.1, 0.15) is 0 Å². The van der Waals surface area contributed by atoms with E-state index in [-0.39, 0.29) is 36.3 Å². The number of carbonyl (C=O) groups excluding carboxylic acids is 2. The number of alkyl halides is 3. The topological polar surface area (TPSA) is 58.2 Å². The van der Waals surface area contributed by atoms with Gasteiger partial charge in [0.2, 0.25) is 11.8 Å². The van der Waals surface area contributed by atoms with E-state index in [1.165, 1.54) is 12.1 Å². The Hall–Kier alpha value is -2.05. The minimum absolute atomic E-state index is 0.0294. The van der Waals surface area contributed by atoms with Gasteiger partial charge in [0.05, 0.1) is 5.56 Å². The van der Waals surface area contributed by atoms with Crippen molar-refractivity contribution in [1.82, 2.24) is 10.6 Å². The third-order valence-corrected chi connectivity index (χ3v) is 4.47. The van der Waals surface area contributed by atoms with Gasteiger partial charge in [-0.2, -0.15) is 13.2 Å². The van der Waals surface area contributed by atoms with E-state index < -0.39 is 23.7 Å². The fourth-order valence-corrected chi connectivity index (χ4v) is 3.18. The van der Waals surface area contributed by atoms with Crippen molar-refractivity contribution in [3.05, 3.63) is 35.4 Å². The number of rotatable bonds is 5. The molecule has 1 aromatic rings. The van der Waals surface area contributed by atoms with Crippen molar-refractivity contribution in [2.24, 2.45) is 5.92 Å². The largest absolute Gasteiger partial charge is 0.416 e. The van der Waals surface area contributed by atoms with Crippen LogP contribution in [0.3, 0.4) is 0 Å². The minimum atomic E-state index is -4.42. The van der Waals surface area contributed by atoms with Crippen LogP contribution in [0.2, 0.25) is 0 Å². The third-order valence-electron chi connectivity index (χ3n) is 4.47. The number of hydrogen-bond acceptors (Lipinski definition) is 2. The standard InChI is InChI=1S/C18H23F3N2O2/c1-3-14-9-13(10-16(24)23-14)17(25)22-11(2)8-12-6-4-5-7-15(12)18(19,20)21/h4-7,11,13-14H,3,8-10H2,1-2H3,(H,22,25)(H,23,24)/t11-,13+,14-/m1/s1. The molecule has 1 heterocycles. The first-order valence-electron chi connectivity index (χ1n) is 8.45. The molecule has 1 aliphatic rings. The molecule has 25 heavy (non-hydrogen) atoms. The zero-order valence-corrected chi connectivity index (χ0v) is 14.3. The molecule has 0 radical (unpaired) electrons. The molecule has 0 aliphatic carbocycles. The molecule has 1 aromatic carbocycles. The number of carbonyl (C=O) groups is 2. The fraction of sp³-hybridized carbons (Fsp3) is 0.556. The second-order valence-electron chi connectivity index (χ2n) is 6.58. The molecule has 1 saturated heterocycles. The van der Waals surface area contributed by atoms with E-state index in [1.54, 1.807) is 13.0 Å². The van der Waals surface area contributed by atoms with E-state index in [2.05, 4.69) is 10.6 Å². The lowest BCUT2D eigenvalue weighted by Gasteiger charge is -2.29. The van der Waals surface area contributed by atoms with Crippen LogP contribution in [0.25, 0.3) is 0 Å². The first kappa shape index (κ1) is 19.3. The molecule has 4 nitrogen and oxygen atoms in total. The zero-order valence-electron chi connectivity index (χ0n) is 14.3. The maximum Gasteiger partial charge on any atom is 0.416 e. The number of benzene rings is 1. The molecule has 3 atom stereocenters. The zero-order chi connectivity index (χ0) is 18.6. The number of amides is 2. The first-order valence-corrected chi connectivity index (χ1v) is 8.45. The number of piperidine rings is 1. The highest BCUT2D eigenvalue weighted by Gasteiger charge is 2.34. The summed E-state index contributed by atoms with van der Waals surface area (Å²) in [4.78, 5) is 24.0. The number of nitrogens with one attached hydrogen (secondary N) is 2. The van der Waals surface area contributed by atoms with Crippen molar-refractivity contribution in [2.45, 2.75) is 57.8 Å². The average Bonchev–Trinajstić information content (AvgIpc) is 2.53. The first-order chi connectivity index (χ1) is 11.7. The summed E-state index contributed by atoms with van der Waals surface area (Å²) in [7, 11) is 0. The molecule has 138 valence electrons. The van der Waals surface area contributed by atoms with Gasteiger partial charge in [-0.15, -0.1) is 0 Å². The van der Waals surface area contributed by atoms with Crippen molar-refractivity contribution < 1.29 is 22.8 Å². The van der Waals surface area contributed by atoms with Crippen molar-refractivity contribution in [1.29, 1.82) is 0 Å². The highest BCUT2D eigenvalue weighted by atomic mass is 19.4. The Morgan fingerprint density at radius 2 is 2.04 bits per heavy atom. The van der Waals surface area contributed by atoms with Gasteiger partial charge in [0.15, 0.2) is 0 Å². The van der Waals surface area contributed by atoms with Crippen LogP contribution in [0.5, 0.6) is 0 Å². The summed E-state index contributed by atoms with van der Waals surface area (Å²) in [6.45, 7) is 3.60. The Balaban J connectivity index is 2.00. The van der Waals surface area contributed by atoms with Gasteiger partial charge in [-0.25, -0.2) is 0 Å². The summed E-state index contributed by atoms with van der Waals surface area (Å²) in [5.41, 5.74) is -0.533. The van der Waals surface area contributed by atoms with Crippen LogP contribution < -0.4 is 10.6 Å². The molecule has 2 N–H and O–H groups in total. The van der Waals surface area contributed by atoms with Gasteiger partial charge >= 0.3 is 6.18 Å². The highest BCUT2D eigenvalue weighted by molar-refractivity contribution is 5.87. The predicted molar refractivity (Wildman–Crippen MR) is 87.7 cm³/mol. The molecule has 1 aliphatic heterocycles. The van der Waals surface area contributed by atoms with Crippen LogP contribution in [0.1, 0.15) is 44.2 Å². The Kier molecular flexibility index (Phi) is 6.08. The molecular weight excluding hydrogens is 333 g/mol. The van der Waals surface area contributed by atoms with Gasteiger partial charge in [-0.3, -0.25) is 9.59 Å². The maximum absolute atomic E-state index is 13.0. The molecule has 2 rings (SSSR count). The van der Waals surface area contributed by atoms with E-state index >= 15 is 0 Å². The van der Waals surface area contributed by atoms with Gasteiger partial charge in [0, 0.05) is 24.4 Å². The van der Waals surface area contributed by atoms with E-state index in [9.17, 15) is 22.8 Å². The van der Waals surface area contributed by atoms with Gasteiger partial charge in [-0.05, 0) is 37.8 Å². The van der Waals surface area contributed by atoms with Crippen LogP contribution >= 0.6 is 0 Å². The molecule has 0 saturated carbocycles. The van der Waals surface area contributed by atoms with Gasteiger partial charge < -0.3 is 10.6 Å². The predicted octanol–water partition coefficient (Wildman–Crippen LogP) is 3.06. The Labute approximate surface area is 145 Å². The average molecular weight is 356 g/mol. The Morgan fingerprint density at radius 1 is 1.36 bits per heavy atom. The number of halogens is 3. The summed E-state index contributed by atoms with van der Waals surface area (Å²) < 4.78 is 39.1. The van der Waals surface area contributed by atoms with E-state index in [0.29, 0.717) is 6.42 Å². The quantitative estimate of drug-likeness (QED) is 0.852. The summed E-state index contributed by atoms with van der Waals surface area (Å²) >= 11 is 0. The second kappa shape index (κ2) is 7.89. The molecule has 0 unspecified atom stereocenters. The van der Waals surface area contributed by atoms with Crippen molar-refractivity contribution in [3.63, 3.8) is 0 Å². The molecule has 2 amide bonds. The van der Waals surface area contributed by atoms with E-state index in [0.717, 1.165) is 12.5 Å². The summed E-state index contributed by atoms with van der Waals surface area (Å²) in [6, 6.07) is 4.88. The SMILES string of the molecule is CC[C@@H]1C[C@H](C(=O)N[C@H](C)Cc2ccccc2C(F)(F)F)CC(=O)N1. The fourth-order valence-electron chi connectivity index (χ4n) is 3.18. The Bertz CT molecular complexity index is 631. The van der Waals surface area contributed by atoms with E-state index in [4.69, 9.17) is 0 Å². The normalized spacial score (nSPS) is 22.2. The summed E-state index contributed by atoms with van der Waals surface area (Å²) in [5.74, 6) is -0.863. The second-order valence-corrected chi connectivity index (χ2v) is 6.58. The summed E-state index contributed by atoms with van der Waals surface area (Å²) in [6.07, 6.45) is -2.92. The van der Waals surface area contributed by atoms with Gasteiger partial charge in [0.25, 0.3) is 0 Å². The maximum atomic E-state index is 13.0. The Morgan fingerprint density at radius 3 is 2.68 bits per heavy atom. The molecular formula is C18H23F3N2O2. The van der Waals surface area contributed by atoms with Crippen LogP contribution in [0.4, 0.5) is 13.2 Å². The van der Waals surface area contributed by atoms with Gasteiger partial charge in [-0.1, -0.05) is 25.1 Å². The number of hydrogen-bond donors (Lipinski definition) is 2. The molecule has 1 fully saturated rings. The summed E-state index contributed by atoms with van der Waals surface area (Å²) in [5, 5.41) is 5.58. The van der Waals surface area contributed by atoms with Crippen LogP contribution in [-0.2, 0) is 22.2 Å². The lowest BCUT2D eigenvalue weighted by atomic mass is 9.89. The minimum Gasteiger partial charge on any atom is -0.353 e. The van der Waals surface area contributed by atoms with Crippen LogP contribution in [-0.4, -0.2) is 23.9 Å². The van der Waals surface area contributed by atoms with Crippen molar-refractivity contribution >= 4 is 11.8 Å². The van der Waals surface area contributed by atoms with Crippen molar-refractivity contribution in [2.75, 3.05) is 0 Å². The molecule has 0 aromatic heterocycles. The van der Waals surface area contributed by atoms with Crippen molar-refractivity contribution in [3.8, 4) is 0 Å². The van der Waals surface area contributed by atoms with E-state index in [1.807, 2.05) is 6.92 Å². The lowest BCUT2D eigenvalue weighted by Crippen LogP contribution is -2.48. The molecule has 7 heteroatoms.